The molecule has 7 nitrogen and oxygen atoms in total. The Labute approximate surface area is 168 Å². The Kier molecular flexibility index (Phi) is 5.74. The highest BCUT2D eigenvalue weighted by atomic mass is 32.2. The van der Waals surface area contributed by atoms with E-state index in [-0.39, 0.29) is 28.4 Å². The molecule has 29 heavy (non-hydrogen) atoms. The zero-order chi connectivity index (χ0) is 21.2. The summed E-state index contributed by atoms with van der Waals surface area (Å²) in [6.45, 7) is 5.55. The standard InChI is InChI=1S/C21H20O7S/c1-4-14-11-17-13(3)10-20(22)27-19(17)12-18(14)28-29(24,25)16-8-6-15(7-9-16)21(23)26-5-2/h6-12H,4-5H2,1-3H3. The van der Waals surface area contributed by atoms with Gasteiger partial charge in [0.1, 0.15) is 16.2 Å². The summed E-state index contributed by atoms with van der Waals surface area (Å²) in [6, 6.07) is 9.81. The molecule has 0 aliphatic heterocycles. The van der Waals surface area contributed by atoms with Gasteiger partial charge in [-0.3, -0.25) is 0 Å². The van der Waals surface area contributed by atoms with E-state index in [1.54, 1.807) is 19.9 Å². The molecule has 0 radical (unpaired) electrons. The first-order chi connectivity index (χ1) is 13.7. The van der Waals surface area contributed by atoms with Crippen LogP contribution < -0.4 is 9.81 Å². The molecule has 0 fully saturated rings. The van der Waals surface area contributed by atoms with Gasteiger partial charge in [0.15, 0.2) is 0 Å². The van der Waals surface area contributed by atoms with Crippen molar-refractivity contribution in [1.82, 2.24) is 0 Å². The summed E-state index contributed by atoms with van der Waals surface area (Å²) in [4.78, 5) is 23.3. The minimum absolute atomic E-state index is 0.0863. The van der Waals surface area contributed by atoms with Gasteiger partial charge in [0.2, 0.25) is 0 Å². The van der Waals surface area contributed by atoms with E-state index in [1.807, 2.05) is 6.92 Å². The SMILES string of the molecule is CCOC(=O)c1ccc(S(=O)(=O)Oc2cc3oc(=O)cc(C)c3cc2CC)cc1. The van der Waals surface area contributed by atoms with Crippen LogP contribution in [0.4, 0.5) is 0 Å². The number of fused-ring (bicyclic) bond motifs is 1. The summed E-state index contributed by atoms with van der Waals surface area (Å²) in [5, 5.41) is 0.713. The van der Waals surface area contributed by atoms with E-state index in [1.165, 1.54) is 36.4 Å². The second-order valence-electron chi connectivity index (χ2n) is 6.34. The smallest absolute Gasteiger partial charge is 0.339 e. The van der Waals surface area contributed by atoms with E-state index in [4.69, 9.17) is 13.3 Å². The molecular formula is C21H20O7S. The molecule has 0 N–H and O–H groups in total. The fraction of sp³-hybridized carbons (Fsp3) is 0.238. The van der Waals surface area contributed by atoms with Crippen molar-refractivity contribution < 1.29 is 26.5 Å². The molecule has 2 aromatic carbocycles. The molecule has 3 rings (SSSR count). The lowest BCUT2D eigenvalue weighted by Gasteiger charge is -2.12. The lowest BCUT2D eigenvalue weighted by Crippen LogP contribution is -2.12. The van der Waals surface area contributed by atoms with Crippen molar-refractivity contribution in [3.8, 4) is 5.75 Å². The quantitative estimate of drug-likeness (QED) is 0.344. The first-order valence-corrected chi connectivity index (χ1v) is 10.4. The molecule has 0 aliphatic rings. The lowest BCUT2D eigenvalue weighted by molar-refractivity contribution is 0.0526. The summed E-state index contributed by atoms with van der Waals surface area (Å²) in [5.41, 5.74) is 1.34. The van der Waals surface area contributed by atoms with Crippen LogP contribution in [0.5, 0.6) is 5.75 Å². The fourth-order valence-corrected chi connectivity index (χ4v) is 3.84. The van der Waals surface area contributed by atoms with Crippen LogP contribution >= 0.6 is 0 Å². The Bertz CT molecular complexity index is 1220. The molecule has 8 heteroatoms. The second-order valence-corrected chi connectivity index (χ2v) is 7.89. The van der Waals surface area contributed by atoms with E-state index >= 15 is 0 Å². The van der Waals surface area contributed by atoms with Crippen molar-refractivity contribution in [2.45, 2.75) is 32.1 Å². The van der Waals surface area contributed by atoms with Crippen LogP contribution in [-0.2, 0) is 21.3 Å². The third kappa shape index (κ3) is 4.32. The lowest BCUT2D eigenvalue weighted by atomic mass is 10.1. The Morgan fingerprint density at radius 3 is 2.38 bits per heavy atom. The summed E-state index contributed by atoms with van der Waals surface area (Å²) in [5.74, 6) is -0.450. The topological polar surface area (TPSA) is 99.9 Å². The van der Waals surface area contributed by atoms with Crippen LogP contribution in [0.15, 0.2) is 56.6 Å². The van der Waals surface area contributed by atoms with Crippen LogP contribution in [0, 0.1) is 6.92 Å². The normalized spacial score (nSPS) is 11.4. The predicted molar refractivity (Wildman–Crippen MR) is 107 cm³/mol. The first kappa shape index (κ1) is 20.6. The van der Waals surface area contributed by atoms with E-state index in [0.29, 0.717) is 17.4 Å². The number of hydrogen-bond acceptors (Lipinski definition) is 7. The molecule has 0 unspecified atom stereocenters. The zero-order valence-electron chi connectivity index (χ0n) is 16.2. The van der Waals surface area contributed by atoms with Crippen molar-refractivity contribution in [1.29, 1.82) is 0 Å². The second kappa shape index (κ2) is 8.08. The number of aryl methyl sites for hydroxylation is 2. The minimum Gasteiger partial charge on any atom is -0.462 e. The molecule has 0 saturated heterocycles. The predicted octanol–water partition coefficient (Wildman–Crippen LogP) is 3.61. The van der Waals surface area contributed by atoms with Gasteiger partial charge >= 0.3 is 21.7 Å². The van der Waals surface area contributed by atoms with Crippen molar-refractivity contribution >= 4 is 27.1 Å². The molecule has 0 aliphatic carbocycles. The van der Waals surface area contributed by atoms with Gasteiger partial charge in [-0.15, -0.1) is 0 Å². The van der Waals surface area contributed by atoms with Crippen LogP contribution in [0.25, 0.3) is 11.0 Å². The van der Waals surface area contributed by atoms with Crippen molar-refractivity contribution in [3.05, 3.63) is 69.6 Å². The number of rotatable bonds is 6. The maximum atomic E-state index is 12.7. The van der Waals surface area contributed by atoms with E-state index < -0.39 is 21.7 Å². The molecule has 1 heterocycles. The van der Waals surface area contributed by atoms with Gasteiger partial charge in [-0.2, -0.15) is 8.42 Å². The molecule has 152 valence electrons. The average Bonchev–Trinajstić information content (AvgIpc) is 2.67. The highest BCUT2D eigenvalue weighted by Gasteiger charge is 2.20. The molecule has 0 spiro atoms. The average molecular weight is 416 g/mol. The summed E-state index contributed by atoms with van der Waals surface area (Å²) < 4.78 is 40.8. The molecule has 0 amide bonds. The van der Waals surface area contributed by atoms with Gasteiger partial charge in [0.05, 0.1) is 12.2 Å². The van der Waals surface area contributed by atoms with Crippen LogP contribution in [-0.4, -0.2) is 21.0 Å². The maximum absolute atomic E-state index is 12.7. The number of esters is 1. The first-order valence-electron chi connectivity index (χ1n) is 9.04. The van der Waals surface area contributed by atoms with Crippen molar-refractivity contribution in [2.24, 2.45) is 0 Å². The summed E-state index contributed by atoms with van der Waals surface area (Å²) in [7, 11) is -4.16. The summed E-state index contributed by atoms with van der Waals surface area (Å²) >= 11 is 0. The molecule has 1 aromatic heterocycles. The molecule has 0 saturated carbocycles. The van der Waals surface area contributed by atoms with Crippen molar-refractivity contribution in [2.75, 3.05) is 6.61 Å². The van der Waals surface area contributed by atoms with Gasteiger partial charge in [0, 0.05) is 17.5 Å². The number of benzene rings is 2. The molecule has 0 bridgehead atoms. The Morgan fingerprint density at radius 2 is 1.76 bits per heavy atom. The number of hydrogen-bond donors (Lipinski definition) is 0. The Balaban J connectivity index is 1.98. The highest BCUT2D eigenvalue weighted by Crippen LogP contribution is 2.30. The van der Waals surface area contributed by atoms with E-state index in [2.05, 4.69) is 0 Å². The third-order valence-electron chi connectivity index (χ3n) is 4.37. The number of carbonyl (C=O) groups is 1. The van der Waals surface area contributed by atoms with Crippen molar-refractivity contribution in [3.63, 3.8) is 0 Å². The molecule has 3 aromatic rings. The number of ether oxygens (including phenoxy) is 1. The monoisotopic (exact) mass is 416 g/mol. The van der Waals surface area contributed by atoms with Gasteiger partial charge in [-0.1, -0.05) is 6.92 Å². The number of carbonyl (C=O) groups excluding carboxylic acids is 1. The minimum atomic E-state index is -4.16. The van der Waals surface area contributed by atoms with Crippen LogP contribution in [0.2, 0.25) is 0 Å². The molecule has 0 atom stereocenters. The van der Waals surface area contributed by atoms with E-state index in [9.17, 15) is 18.0 Å². The van der Waals surface area contributed by atoms with Gasteiger partial charge in [-0.25, -0.2) is 9.59 Å². The van der Waals surface area contributed by atoms with E-state index in [0.717, 1.165) is 5.56 Å². The summed E-state index contributed by atoms with van der Waals surface area (Å²) in [6.07, 6.45) is 0.515. The van der Waals surface area contributed by atoms with Gasteiger partial charge < -0.3 is 13.3 Å². The largest absolute Gasteiger partial charge is 0.462 e. The Morgan fingerprint density at radius 1 is 1.07 bits per heavy atom. The molecular weight excluding hydrogens is 396 g/mol. The zero-order valence-corrected chi connectivity index (χ0v) is 17.0. The fourth-order valence-electron chi connectivity index (χ4n) is 2.88. The maximum Gasteiger partial charge on any atom is 0.339 e. The van der Waals surface area contributed by atoms with Gasteiger partial charge in [-0.05, 0) is 61.7 Å². The Hall–Kier alpha value is -3.13. The highest BCUT2D eigenvalue weighted by molar-refractivity contribution is 7.87. The van der Waals surface area contributed by atoms with Gasteiger partial charge in [0.25, 0.3) is 0 Å². The van der Waals surface area contributed by atoms with Crippen LogP contribution in [0.1, 0.15) is 35.3 Å². The van der Waals surface area contributed by atoms with Crippen LogP contribution in [0.3, 0.4) is 0 Å². The third-order valence-corrected chi connectivity index (χ3v) is 5.62.